The molecule has 2 N–H and O–H groups in total. The van der Waals surface area contributed by atoms with Crippen LogP contribution in [0.3, 0.4) is 0 Å². The van der Waals surface area contributed by atoms with Gasteiger partial charge in [-0.05, 0) is 68.7 Å². The van der Waals surface area contributed by atoms with Gasteiger partial charge in [0, 0.05) is 25.7 Å². The maximum absolute atomic E-state index is 12.4. The Kier molecular flexibility index (Phi) is 9.80. The van der Waals surface area contributed by atoms with E-state index in [2.05, 4.69) is 43.3 Å². The molecule has 0 radical (unpaired) electrons. The van der Waals surface area contributed by atoms with Gasteiger partial charge in [-0.3, -0.25) is 15.5 Å². The highest BCUT2D eigenvalue weighted by Gasteiger charge is 2.24. The Bertz CT molecular complexity index is 867. The standard InChI is InChI=1S/C25H32N2O2.C2H6/c1-18(2)15-25(28)27-13-10-21(11-14-27)24-17-20(5-4-12-26-29)7-8-22-16-19(3)6-9-23(22)24;1-2/h4-6,9,12,16,26,29H,1,7-8,10-11,13-15,17H2,2-3H3;1-2H3/b12-4-,20-5-;. The normalized spacial score (nSPS) is 17.7. The quantitative estimate of drug-likeness (QED) is 0.349. The van der Waals surface area contributed by atoms with Gasteiger partial charge < -0.3 is 4.90 Å². The lowest BCUT2D eigenvalue weighted by molar-refractivity contribution is -0.130. The maximum atomic E-state index is 12.4. The van der Waals surface area contributed by atoms with Crippen molar-refractivity contribution in [3.63, 3.8) is 0 Å². The number of hydrogen-bond acceptors (Lipinski definition) is 3. The summed E-state index contributed by atoms with van der Waals surface area (Å²) in [4.78, 5) is 14.4. The molecule has 0 atom stereocenters. The summed E-state index contributed by atoms with van der Waals surface area (Å²) in [5.41, 5.74) is 11.4. The summed E-state index contributed by atoms with van der Waals surface area (Å²) in [7, 11) is 0. The molecule has 3 rings (SSSR count). The van der Waals surface area contributed by atoms with E-state index < -0.39 is 0 Å². The molecular weight excluding hydrogens is 384 g/mol. The molecule has 4 nitrogen and oxygen atoms in total. The van der Waals surface area contributed by atoms with Crippen LogP contribution in [0.4, 0.5) is 0 Å². The molecule has 0 unspecified atom stereocenters. The first-order chi connectivity index (χ1) is 15.0. The van der Waals surface area contributed by atoms with E-state index in [4.69, 9.17) is 5.21 Å². The van der Waals surface area contributed by atoms with Crippen molar-refractivity contribution in [2.45, 2.75) is 66.2 Å². The van der Waals surface area contributed by atoms with Gasteiger partial charge >= 0.3 is 0 Å². The molecule has 31 heavy (non-hydrogen) atoms. The van der Waals surface area contributed by atoms with E-state index in [-0.39, 0.29) is 5.91 Å². The number of hydrogen-bond donors (Lipinski definition) is 2. The monoisotopic (exact) mass is 422 g/mol. The predicted molar refractivity (Wildman–Crippen MR) is 130 cm³/mol. The average molecular weight is 423 g/mol. The molecule has 1 aromatic rings. The van der Waals surface area contributed by atoms with Crippen LogP contribution >= 0.6 is 0 Å². The second kappa shape index (κ2) is 12.3. The van der Waals surface area contributed by atoms with Crippen LogP contribution in [0.25, 0.3) is 5.57 Å². The zero-order valence-corrected chi connectivity index (χ0v) is 19.6. The lowest BCUT2D eigenvalue weighted by Crippen LogP contribution is -2.36. The molecule has 168 valence electrons. The molecule has 1 aromatic carbocycles. The van der Waals surface area contributed by atoms with Crippen LogP contribution in [0, 0.1) is 6.92 Å². The van der Waals surface area contributed by atoms with Gasteiger partial charge in [0.1, 0.15) is 0 Å². The Labute approximate surface area is 188 Å². The molecule has 2 aliphatic rings. The Morgan fingerprint density at radius 2 is 1.90 bits per heavy atom. The van der Waals surface area contributed by atoms with Crippen molar-refractivity contribution in [3.8, 4) is 0 Å². The van der Waals surface area contributed by atoms with E-state index in [1.165, 1.54) is 39.6 Å². The van der Waals surface area contributed by atoms with Crippen LogP contribution in [-0.4, -0.2) is 29.1 Å². The molecule has 0 aromatic heterocycles. The second-order valence-electron chi connectivity index (χ2n) is 8.25. The van der Waals surface area contributed by atoms with Crippen LogP contribution in [0.15, 0.2) is 59.8 Å². The number of aryl methyl sites for hydroxylation is 2. The first kappa shape index (κ1) is 24.7. The summed E-state index contributed by atoms with van der Waals surface area (Å²) in [6, 6.07) is 6.80. The fourth-order valence-electron chi connectivity index (χ4n) is 4.31. The highest BCUT2D eigenvalue weighted by atomic mass is 16.5. The first-order valence-electron chi connectivity index (χ1n) is 11.4. The third-order valence-electron chi connectivity index (χ3n) is 5.81. The minimum atomic E-state index is 0.195. The molecule has 0 bridgehead atoms. The molecule has 0 saturated carbocycles. The summed E-state index contributed by atoms with van der Waals surface area (Å²) < 4.78 is 0. The fraction of sp³-hybridized carbons (Fsp3) is 0.444. The number of amides is 1. The van der Waals surface area contributed by atoms with Gasteiger partial charge in [0.05, 0.1) is 0 Å². The van der Waals surface area contributed by atoms with Crippen molar-refractivity contribution in [2.24, 2.45) is 0 Å². The van der Waals surface area contributed by atoms with E-state index in [9.17, 15) is 4.79 Å². The van der Waals surface area contributed by atoms with Gasteiger partial charge in [-0.2, -0.15) is 0 Å². The van der Waals surface area contributed by atoms with Crippen LogP contribution in [-0.2, 0) is 11.2 Å². The van der Waals surface area contributed by atoms with Crippen LogP contribution < -0.4 is 5.48 Å². The molecular formula is C27H38N2O2. The van der Waals surface area contributed by atoms with E-state index in [1.807, 2.05) is 31.7 Å². The van der Waals surface area contributed by atoms with Crippen molar-refractivity contribution in [1.29, 1.82) is 0 Å². The van der Waals surface area contributed by atoms with Gasteiger partial charge in [0.25, 0.3) is 0 Å². The molecule has 1 amide bonds. The number of allylic oxidation sites excluding steroid dienone is 4. The van der Waals surface area contributed by atoms with E-state index >= 15 is 0 Å². The Hall–Kier alpha value is -2.59. The third-order valence-corrected chi connectivity index (χ3v) is 5.81. The zero-order chi connectivity index (χ0) is 22.8. The summed E-state index contributed by atoms with van der Waals surface area (Å²) in [6.07, 6.45) is 10.8. The molecule has 1 fully saturated rings. The largest absolute Gasteiger partial charge is 0.342 e. The van der Waals surface area contributed by atoms with Crippen LogP contribution in [0.2, 0.25) is 0 Å². The second-order valence-corrected chi connectivity index (χ2v) is 8.25. The number of likely N-dealkylation sites (tertiary alicyclic amines) is 1. The number of nitrogens with zero attached hydrogens (tertiary/aromatic N) is 1. The molecule has 1 saturated heterocycles. The number of hydroxylamine groups is 1. The van der Waals surface area contributed by atoms with E-state index in [1.54, 1.807) is 0 Å². The minimum Gasteiger partial charge on any atom is -0.342 e. The molecule has 0 spiro atoms. The zero-order valence-electron chi connectivity index (χ0n) is 19.6. The Balaban J connectivity index is 0.00000166. The van der Waals surface area contributed by atoms with Gasteiger partial charge in [0.2, 0.25) is 5.91 Å². The number of nitrogens with one attached hydrogen (secondary N) is 1. The highest BCUT2D eigenvalue weighted by molar-refractivity contribution is 5.79. The number of fused-ring (bicyclic) bond motifs is 1. The van der Waals surface area contributed by atoms with Crippen molar-refractivity contribution in [1.82, 2.24) is 10.4 Å². The minimum absolute atomic E-state index is 0.195. The Morgan fingerprint density at radius 1 is 1.19 bits per heavy atom. The van der Waals surface area contributed by atoms with Crippen molar-refractivity contribution in [2.75, 3.05) is 13.1 Å². The lowest BCUT2D eigenvalue weighted by Gasteiger charge is -2.30. The van der Waals surface area contributed by atoms with Crippen molar-refractivity contribution >= 4 is 11.5 Å². The predicted octanol–water partition coefficient (Wildman–Crippen LogP) is 6.12. The summed E-state index contributed by atoms with van der Waals surface area (Å²) >= 11 is 0. The van der Waals surface area contributed by atoms with Crippen molar-refractivity contribution < 1.29 is 10.0 Å². The topological polar surface area (TPSA) is 52.6 Å². The van der Waals surface area contributed by atoms with Gasteiger partial charge in [-0.1, -0.05) is 67.0 Å². The first-order valence-corrected chi connectivity index (χ1v) is 11.4. The van der Waals surface area contributed by atoms with E-state index in [0.29, 0.717) is 6.42 Å². The fourth-order valence-corrected chi connectivity index (χ4v) is 4.31. The van der Waals surface area contributed by atoms with E-state index in [0.717, 1.165) is 50.8 Å². The van der Waals surface area contributed by atoms with Crippen LogP contribution in [0.1, 0.15) is 69.6 Å². The lowest BCUT2D eigenvalue weighted by atomic mass is 9.88. The smallest absolute Gasteiger partial charge is 0.226 e. The van der Waals surface area contributed by atoms with Gasteiger partial charge in [-0.25, -0.2) is 0 Å². The summed E-state index contributed by atoms with van der Waals surface area (Å²) in [5, 5.41) is 8.79. The number of benzene rings is 1. The SMILES string of the molecule is C=C(C)CC(=O)N1CCC(=C2C/C(=C\C=C/NO)CCc3cc(C)ccc32)CC1.CC. The Morgan fingerprint density at radius 3 is 2.55 bits per heavy atom. The number of rotatable bonds is 4. The molecule has 1 aliphatic carbocycles. The molecule has 4 heteroatoms. The maximum Gasteiger partial charge on any atom is 0.226 e. The summed E-state index contributed by atoms with van der Waals surface area (Å²) in [6.45, 7) is 13.5. The van der Waals surface area contributed by atoms with Gasteiger partial charge in [0.15, 0.2) is 0 Å². The number of piperidine rings is 1. The van der Waals surface area contributed by atoms with Gasteiger partial charge in [-0.15, -0.1) is 0 Å². The third kappa shape index (κ3) is 6.96. The van der Waals surface area contributed by atoms with Crippen molar-refractivity contribution in [3.05, 3.63) is 76.5 Å². The molecule has 1 heterocycles. The van der Waals surface area contributed by atoms with Crippen LogP contribution in [0.5, 0.6) is 0 Å². The highest BCUT2D eigenvalue weighted by Crippen LogP contribution is 2.38. The number of carbonyl (C=O) groups is 1. The molecule has 1 aliphatic heterocycles. The number of carbonyl (C=O) groups excluding carboxylic acids is 1. The summed E-state index contributed by atoms with van der Waals surface area (Å²) in [5.74, 6) is 0.195. The average Bonchev–Trinajstić information content (AvgIpc) is 2.94.